The van der Waals surface area contributed by atoms with Crippen LogP contribution in [0.3, 0.4) is 0 Å². The number of rotatable bonds is 2. The second-order valence-corrected chi connectivity index (χ2v) is 3.98. The molecule has 0 aliphatic carbocycles. The fourth-order valence-electron chi connectivity index (χ4n) is 2.09. The predicted octanol–water partition coefficient (Wildman–Crippen LogP) is 1.52. The lowest BCUT2D eigenvalue weighted by Gasteiger charge is -2.17. The Labute approximate surface area is 89.3 Å². The van der Waals surface area contributed by atoms with Crippen LogP contribution in [0.2, 0.25) is 0 Å². The molecule has 1 aromatic rings. The van der Waals surface area contributed by atoms with Gasteiger partial charge in [0.15, 0.2) is 0 Å². The molecule has 3 heteroatoms. The molecule has 0 amide bonds. The Bertz CT molecular complexity index is 362. The maximum atomic E-state index is 10.7. The van der Waals surface area contributed by atoms with Crippen molar-refractivity contribution in [2.24, 2.45) is 0 Å². The molecule has 0 spiro atoms. The highest BCUT2D eigenvalue weighted by Crippen LogP contribution is 2.17. The van der Waals surface area contributed by atoms with Gasteiger partial charge in [-0.3, -0.25) is 9.69 Å². The Morgan fingerprint density at radius 2 is 2.07 bits per heavy atom. The van der Waals surface area contributed by atoms with E-state index in [4.69, 9.17) is 5.11 Å². The number of benzene rings is 1. The van der Waals surface area contributed by atoms with Crippen LogP contribution in [0.15, 0.2) is 24.3 Å². The lowest BCUT2D eigenvalue weighted by atomic mass is 10.0. The average Bonchev–Trinajstić information content (AvgIpc) is 2.38. The molecule has 0 saturated carbocycles. The SMILES string of the molecule is O=C(O)CN1CCCc2ccccc2C1. The molecular weight excluding hydrogens is 190 g/mol. The lowest BCUT2D eigenvalue weighted by Crippen LogP contribution is -2.29. The van der Waals surface area contributed by atoms with Gasteiger partial charge in [0.1, 0.15) is 0 Å². The average molecular weight is 205 g/mol. The summed E-state index contributed by atoms with van der Waals surface area (Å²) in [6.07, 6.45) is 2.11. The van der Waals surface area contributed by atoms with E-state index < -0.39 is 5.97 Å². The molecule has 0 fully saturated rings. The largest absolute Gasteiger partial charge is 0.480 e. The van der Waals surface area contributed by atoms with E-state index in [-0.39, 0.29) is 6.54 Å². The third-order valence-corrected chi connectivity index (χ3v) is 2.79. The summed E-state index contributed by atoms with van der Waals surface area (Å²) in [5.74, 6) is -0.741. The van der Waals surface area contributed by atoms with E-state index in [2.05, 4.69) is 12.1 Å². The van der Waals surface area contributed by atoms with Crippen molar-refractivity contribution < 1.29 is 9.90 Å². The molecule has 0 bridgehead atoms. The fraction of sp³-hybridized carbons (Fsp3) is 0.417. The number of nitrogens with zero attached hydrogens (tertiary/aromatic N) is 1. The smallest absolute Gasteiger partial charge is 0.317 e. The Kier molecular flexibility index (Phi) is 3.02. The summed E-state index contributed by atoms with van der Waals surface area (Å²) in [4.78, 5) is 12.6. The highest BCUT2D eigenvalue weighted by Gasteiger charge is 2.15. The van der Waals surface area contributed by atoms with E-state index in [0.717, 1.165) is 25.9 Å². The summed E-state index contributed by atoms with van der Waals surface area (Å²) >= 11 is 0. The molecule has 2 rings (SSSR count). The Morgan fingerprint density at radius 1 is 1.33 bits per heavy atom. The van der Waals surface area contributed by atoms with E-state index in [1.54, 1.807) is 0 Å². The van der Waals surface area contributed by atoms with Crippen molar-refractivity contribution >= 4 is 5.97 Å². The quantitative estimate of drug-likeness (QED) is 0.795. The minimum absolute atomic E-state index is 0.147. The molecule has 3 nitrogen and oxygen atoms in total. The molecule has 1 aliphatic heterocycles. The summed E-state index contributed by atoms with van der Waals surface area (Å²) in [5.41, 5.74) is 2.64. The number of aryl methyl sites for hydroxylation is 1. The fourth-order valence-corrected chi connectivity index (χ4v) is 2.09. The minimum atomic E-state index is -0.741. The molecule has 15 heavy (non-hydrogen) atoms. The molecule has 0 radical (unpaired) electrons. The topological polar surface area (TPSA) is 40.5 Å². The standard InChI is InChI=1S/C12H15NO2/c14-12(15)9-13-7-3-6-10-4-1-2-5-11(10)8-13/h1-2,4-5H,3,6-9H2,(H,14,15). The van der Waals surface area contributed by atoms with Gasteiger partial charge in [-0.05, 0) is 30.5 Å². The Balaban J connectivity index is 2.13. The molecule has 80 valence electrons. The van der Waals surface area contributed by atoms with Crippen molar-refractivity contribution in [2.45, 2.75) is 19.4 Å². The van der Waals surface area contributed by atoms with Crippen molar-refractivity contribution in [3.05, 3.63) is 35.4 Å². The van der Waals surface area contributed by atoms with E-state index in [1.807, 2.05) is 17.0 Å². The van der Waals surface area contributed by atoms with Crippen LogP contribution in [0.25, 0.3) is 0 Å². The number of carbonyl (C=O) groups is 1. The van der Waals surface area contributed by atoms with E-state index in [0.29, 0.717) is 0 Å². The summed E-state index contributed by atoms with van der Waals surface area (Å²) in [6, 6.07) is 8.30. The van der Waals surface area contributed by atoms with Crippen molar-refractivity contribution in [1.29, 1.82) is 0 Å². The molecule has 1 aliphatic rings. The van der Waals surface area contributed by atoms with Gasteiger partial charge in [-0.2, -0.15) is 0 Å². The number of carboxylic acids is 1. The maximum absolute atomic E-state index is 10.7. The number of fused-ring (bicyclic) bond motifs is 1. The third kappa shape index (κ3) is 2.57. The predicted molar refractivity (Wildman–Crippen MR) is 57.7 cm³/mol. The second-order valence-electron chi connectivity index (χ2n) is 3.98. The second kappa shape index (κ2) is 4.45. The normalized spacial score (nSPS) is 16.8. The van der Waals surface area contributed by atoms with Crippen molar-refractivity contribution in [3.63, 3.8) is 0 Å². The van der Waals surface area contributed by atoms with Crippen molar-refractivity contribution in [1.82, 2.24) is 4.90 Å². The molecule has 0 aromatic heterocycles. The zero-order valence-electron chi connectivity index (χ0n) is 8.65. The molecular formula is C12H15NO2. The van der Waals surface area contributed by atoms with E-state index in [9.17, 15) is 4.79 Å². The first-order chi connectivity index (χ1) is 7.25. The van der Waals surface area contributed by atoms with Gasteiger partial charge in [0.2, 0.25) is 0 Å². The number of carboxylic acid groups (broad SMARTS) is 1. The highest BCUT2D eigenvalue weighted by molar-refractivity contribution is 5.69. The van der Waals surface area contributed by atoms with Crippen LogP contribution in [-0.4, -0.2) is 29.1 Å². The van der Waals surface area contributed by atoms with Gasteiger partial charge in [0, 0.05) is 6.54 Å². The van der Waals surface area contributed by atoms with Gasteiger partial charge in [0.05, 0.1) is 6.54 Å². The molecule has 0 atom stereocenters. The maximum Gasteiger partial charge on any atom is 0.317 e. The molecule has 1 heterocycles. The number of aliphatic carboxylic acids is 1. The molecule has 1 aromatic carbocycles. The van der Waals surface area contributed by atoms with Gasteiger partial charge in [-0.25, -0.2) is 0 Å². The van der Waals surface area contributed by atoms with Crippen LogP contribution in [-0.2, 0) is 17.8 Å². The van der Waals surface area contributed by atoms with E-state index >= 15 is 0 Å². The third-order valence-electron chi connectivity index (χ3n) is 2.79. The first kappa shape index (κ1) is 10.2. The molecule has 0 saturated heterocycles. The van der Waals surface area contributed by atoms with Gasteiger partial charge >= 0.3 is 5.97 Å². The zero-order chi connectivity index (χ0) is 10.7. The van der Waals surface area contributed by atoms with Crippen LogP contribution in [0, 0.1) is 0 Å². The zero-order valence-corrected chi connectivity index (χ0v) is 8.65. The van der Waals surface area contributed by atoms with Crippen molar-refractivity contribution in [2.75, 3.05) is 13.1 Å². The van der Waals surface area contributed by atoms with Gasteiger partial charge in [-0.1, -0.05) is 24.3 Å². The Hall–Kier alpha value is -1.35. The van der Waals surface area contributed by atoms with Gasteiger partial charge in [-0.15, -0.1) is 0 Å². The summed E-state index contributed by atoms with van der Waals surface area (Å²) in [6.45, 7) is 1.79. The first-order valence-corrected chi connectivity index (χ1v) is 5.26. The lowest BCUT2D eigenvalue weighted by molar-refractivity contribution is -0.138. The monoisotopic (exact) mass is 205 g/mol. The summed E-state index contributed by atoms with van der Waals surface area (Å²) in [7, 11) is 0. The number of hydrogen-bond donors (Lipinski definition) is 1. The first-order valence-electron chi connectivity index (χ1n) is 5.26. The van der Waals surface area contributed by atoms with Gasteiger partial charge < -0.3 is 5.11 Å². The minimum Gasteiger partial charge on any atom is -0.480 e. The highest BCUT2D eigenvalue weighted by atomic mass is 16.4. The van der Waals surface area contributed by atoms with Crippen molar-refractivity contribution in [3.8, 4) is 0 Å². The van der Waals surface area contributed by atoms with Crippen LogP contribution < -0.4 is 0 Å². The number of hydrogen-bond acceptors (Lipinski definition) is 2. The molecule has 0 unspecified atom stereocenters. The van der Waals surface area contributed by atoms with Crippen LogP contribution in [0.4, 0.5) is 0 Å². The van der Waals surface area contributed by atoms with Gasteiger partial charge in [0.25, 0.3) is 0 Å². The van der Waals surface area contributed by atoms with E-state index in [1.165, 1.54) is 11.1 Å². The van der Waals surface area contributed by atoms with Crippen LogP contribution >= 0.6 is 0 Å². The Morgan fingerprint density at radius 3 is 2.80 bits per heavy atom. The summed E-state index contributed by atoms with van der Waals surface area (Å²) in [5, 5.41) is 8.76. The molecule has 1 N–H and O–H groups in total. The van der Waals surface area contributed by atoms with Crippen LogP contribution in [0.1, 0.15) is 17.5 Å². The summed E-state index contributed by atoms with van der Waals surface area (Å²) < 4.78 is 0. The van der Waals surface area contributed by atoms with Crippen LogP contribution in [0.5, 0.6) is 0 Å².